The van der Waals surface area contributed by atoms with Crippen LogP contribution in [-0.2, 0) is 23.9 Å². The molecule has 4 aromatic rings. The van der Waals surface area contributed by atoms with Gasteiger partial charge in [0.2, 0.25) is 0 Å². The van der Waals surface area contributed by atoms with E-state index in [2.05, 4.69) is 10.3 Å². The Kier molecular flexibility index (Phi) is 5.56. The zero-order chi connectivity index (χ0) is 22.0. The Labute approximate surface area is 175 Å². The number of fused-ring (bicyclic) bond motifs is 1. The van der Waals surface area contributed by atoms with Crippen LogP contribution >= 0.6 is 0 Å². The van der Waals surface area contributed by atoms with E-state index in [0.717, 1.165) is 28.6 Å². The van der Waals surface area contributed by atoms with E-state index in [1.807, 2.05) is 24.3 Å². The Morgan fingerprint density at radius 3 is 2.68 bits per heavy atom. The van der Waals surface area contributed by atoms with Gasteiger partial charge in [0.25, 0.3) is 0 Å². The minimum absolute atomic E-state index is 0.123. The van der Waals surface area contributed by atoms with Crippen LogP contribution in [-0.4, -0.2) is 22.1 Å². The SMILES string of the molecule is O=C(O)C(Cc1c[nH]c2ccccc12)NCc1ccc(-c2cccc(C(F)(F)F)c2)o1. The number of halogens is 3. The molecule has 0 saturated carbocycles. The number of hydrogen-bond donors (Lipinski definition) is 3. The van der Waals surface area contributed by atoms with Crippen LogP contribution in [0.3, 0.4) is 0 Å². The van der Waals surface area contributed by atoms with Crippen molar-refractivity contribution in [2.75, 3.05) is 0 Å². The molecule has 0 aliphatic rings. The normalized spacial score (nSPS) is 12.9. The summed E-state index contributed by atoms with van der Waals surface area (Å²) in [5.41, 5.74) is 1.35. The Bertz CT molecular complexity index is 1210. The zero-order valence-electron chi connectivity index (χ0n) is 16.2. The van der Waals surface area contributed by atoms with E-state index in [1.165, 1.54) is 12.1 Å². The third kappa shape index (κ3) is 4.64. The molecular weight excluding hydrogens is 409 g/mol. The fourth-order valence-corrected chi connectivity index (χ4v) is 3.47. The molecule has 3 N–H and O–H groups in total. The van der Waals surface area contributed by atoms with E-state index in [1.54, 1.807) is 18.3 Å². The van der Waals surface area contributed by atoms with Crippen molar-refractivity contribution in [3.8, 4) is 11.3 Å². The highest BCUT2D eigenvalue weighted by molar-refractivity contribution is 5.84. The van der Waals surface area contributed by atoms with Gasteiger partial charge in [0, 0.05) is 29.1 Å². The number of H-pyrrole nitrogens is 1. The van der Waals surface area contributed by atoms with Gasteiger partial charge < -0.3 is 14.5 Å². The molecule has 0 aliphatic carbocycles. The average molecular weight is 428 g/mol. The molecule has 2 heterocycles. The van der Waals surface area contributed by atoms with Crippen molar-refractivity contribution >= 4 is 16.9 Å². The molecule has 0 aliphatic heterocycles. The number of carboxylic acid groups (broad SMARTS) is 1. The standard InChI is InChI=1S/C23H19F3N2O3/c24-23(25,26)16-5-3-4-14(10-16)21-9-8-17(31-21)13-28-20(22(29)30)11-15-12-27-19-7-2-1-6-18(15)19/h1-10,12,20,27-28H,11,13H2,(H,29,30). The second-order valence-electron chi connectivity index (χ2n) is 7.18. The summed E-state index contributed by atoms with van der Waals surface area (Å²) in [4.78, 5) is 14.9. The van der Waals surface area contributed by atoms with Crippen molar-refractivity contribution in [3.05, 3.63) is 83.7 Å². The van der Waals surface area contributed by atoms with Crippen LogP contribution in [0, 0.1) is 0 Å². The van der Waals surface area contributed by atoms with Crippen LogP contribution in [0.15, 0.2) is 71.3 Å². The number of aromatic nitrogens is 1. The van der Waals surface area contributed by atoms with Crippen LogP contribution in [0.1, 0.15) is 16.9 Å². The third-order valence-corrected chi connectivity index (χ3v) is 5.06. The summed E-state index contributed by atoms with van der Waals surface area (Å²) in [6, 6.07) is 14.8. The lowest BCUT2D eigenvalue weighted by Gasteiger charge is -2.13. The van der Waals surface area contributed by atoms with Crippen molar-refractivity contribution in [1.29, 1.82) is 0 Å². The first-order chi connectivity index (χ1) is 14.8. The topological polar surface area (TPSA) is 78.3 Å². The Hall–Kier alpha value is -3.52. The summed E-state index contributed by atoms with van der Waals surface area (Å²) in [6.45, 7) is 0.123. The predicted molar refractivity (Wildman–Crippen MR) is 109 cm³/mol. The lowest BCUT2D eigenvalue weighted by Crippen LogP contribution is -2.37. The van der Waals surface area contributed by atoms with Gasteiger partial charge in [-0.15, -0.1) is 0 Å². The van der Waals surface area contributed by atoms with Crippen molar-refractivity contribution in [2.24, 2.45) is 0 Å². The molecule has 0 radical (unpaired) electrons. The quantitative estimate of drug-likeness (QED) is 0.377. The van der Waals surface area contributed by atoms with Crippen molar-refractivity contribution < 1.29 is 27.5 Å². The Morgan fingerprint density at radius 1 is 1.10 bits per heavy atom. The van der Waals surface area contributed by atoms with Crippen molar-refractivity contribution in [3.63, 3.8) is 0 Å². The van der Waals surface area contributed by atoms with E-state index in [9.17, 15) is 23.1 Å². The predicted octanol–water partition coefficient (Wildman–Crippen LogP) is 5.23. The van der Waals surface area contributed by atoms with Crippen LogP contribution in [0.25, 0.3) is 22.2 Å². The molecule has 2 aromatic heterocycles. The second kappa shape index (κ2) is 8.31. The fraction of sp³-hybridized carbons (Fsp3) is 0.174. The number of aliphatic carboxylic acids is 1. The van der Waals surface area contributed by atoms with Gasteiger partial charge >= 0.3 is 12.1 Å². The Morgan fingerprint density at radius 2 is 1.90 bits per heavy atom. The number of para-hydroxylation sites is 1. The number of nitrogens with one attached hydrogen (secondary N) is 2. The maximum absolute atomic E-state index is 12.9. The molecule has 1 unspecified atom stereocenters. The van der Waals surface area contributed by atoms with Gasteiger partial charge in [-0.1, -0.05) is 30.3 Å². The summed E-state index contributed by atoms with van der Waals surface area (Å²) >= 11 is 0. The van der Waals surface area contributed by atoms with E-state index in [4.69, 9.17) is 4.42 Å². The first kappa shape index (κ1) is 20.7. The molecule has 0 fully saturated rings. The number of hydrogen-bond acceptors (Lipinski definition) is 3. The maximum atomic E-state index is 12.9. The minimum atomic E-state index is -4.44. The number of alkyl halides is 3. The molecule has 0 spiro atoms. The molecule has 0 bridgehead atoms. The van der Waals surface area contributed by atoms with Crippen LogP contribution in [0.4, 0.5) is 13.2 Å². The van der Waals surface area contributed by atoms with Gasteiger partial charge in [0.05, 0.1) is 12.1 Å². The summed E-state index contributed by atoms with van der Waals surface area (Å²) < 4.78 is 44.4. The zero-order valence-corrected chi connectivity index (χ0v) is 16.2. The number of furan rings is 1. The van der Waals surface area contributed by atoms with E-state index in [0.29, 0.717) is 11.3 Å². The molecule has 4 rings (SSSR count). The van der Waals surface area contributed by atoms with Gasteiger partial charge in [0.1, 0.15) is 17.6 Å². The van der Waals surface area contributed by atoms with Crippen LogP contribution in [0.2, 0.25) is 0 Å². The lowest BCUT2D eigenvalue weighted by molar-refractivity contribution is -0.139. The smallest absolute Gasteiger partial charge is 0.416 e. The van der Waals surface area contributed by atoms with Gasteiger partial charge in [-0.05, 0) is 35.9 Å². The highest BCUT2D eigenvalue weighted by Crippen LogP contribution is 2.32. The van der Waals surface area contributed by atoms with Crippen LogP contribution < -0.4 is 5.32 Å². The number of carboxylic acids is 1. The average Bonchev–Trinajstić information content (AvgIpc) is 3.38. The molecule has 31 heavy (non-hydrogen) atoms. The number of rotatable bonds is 7. The summed E-state index contributed by atoms with van der Waals surface area (Å²) in [5, 5.41) is 13.5. The summed E-state index contributed by atoms with van der Waals surface area (Å²) in [7, 11) is 0. The summed E-state index contributed by atoms with van der Waals surface area (Å²) in [5.74, 6) is -0.293. The molecule has 5 nitrogen and oxygen atoms in total. The van der Waals surface area contributed by atoms with E-state index < -0.39 is 23.8 Å². The highest BCUT2D eigenvalue weighted by atomic mass is 19.4. The first-order valence-corrected chi connectivity index (χ1v) is 9.59. The maximum Gasteiger partial charge on any atom is 0.416 e. The molecule has 0 amide bonds. The molecular formula is C23H19F3N2O3. The molecule has 160 valence electrons. The fourth-order valence-electron chi connectivity index (χ4n) is 3.47. The van der Waals surface area contributed by atoms with Crippen LogP contribution in [0.5, 0.6) is 0 Å². The molecule has 8 heteroatoms. The van der Waals surface area contributed by atoms with Crippen molar-refractivity contribution in [2.45, 2.75) is 25.2 Å². The highest BCUT2D eigenvalue weighted by Gasteiger charge is 2.30. The monoisotopic (exact) mass is 428 g/mol. The van der Waals surface area contributed by atoms with Crippen molar-refractivity contribution in [1.82, 2.24) is 10.3 Å². The molecule has 0 saturated heterocycles. The molecule has 2 aromatic carbocycles. The first-order valence-electron chi connectivity index (χ1n) is 9.59. The minimum Gasteiger partial charge on any atom is -0.480 e. The second-order valence-corrected chi connectivity index (χ2v) is 7.18. The number of benzene rings is 2. The summed E-state index contributed by atoms with van der Waals surface area (Å²) in [6.07, 6.45) is -2.38. The molecule has 1 atom stereocenters. The van der Waals surface area contributed by atoms with Gasteiger partial charge in [-0.25, -0.2) is 0 Å². The van der Waals surface area contributed by atoms with E-state index in [-0.39, 0.29) is 18.7 Å². The van der Waals surface area contributed by atoms with E-state index >= 15 is 0 Å². The largest absolute Gasteiger partial charge is 0.480 e. The number of carbonyl (C=O) groups is 1. The van der Waals surface area contributed by atoms with Gasteiger partial charge in [0.15, 0.2) is 0 Å². The number of aromatic amines is 1. The Balaban J connectivity index is 1.46. The van der Waals surface area contributed by atoms with Gasteiger partial charge in [-0.2, -0.15) is 13.2 Å². The van der Waals surface area contributed by atoms with Gasteiger partial charge in [-0.3, -0.25) is 10.1 Å². The third-order valence-electron chi connectivity index (χ3n) is 5.06. The lowest BCUT2D eigenvalue weighted by atomic mass is 10.0.